The predicted molar refractivity (Wildman–Crippen MR) is 87.9 cm³/mol. The number of anilines is 2. The van der Waals surface area contributed by atoms with Gasteiger partial charge in [-0.15, -0.1) is 0 Å². The summed E-state index contributed by atoms with van der Waals surface area (Å²) in [7, 11) is 0. The molecule has 0 unspecified atom stereocenters. The molecule has 1 heterocycles. The van der Waals surface area contributed by atoms with Crippen molar-refractivity contribution in [3.05, 3.63) is 11.9 Å². The number of hydrogen-bond acceptors (Lipinski definition) is 4. The quantitative estimate of drug-likeness (QED) is 0.790. The molecule has 116 valence electrons. The fourth-order valence-electron chi connectivity index (χ4n) is 3.06. The van der Waals surface area contributed by atoms with Crippen LogP contribution in [0.3, 0.4) is 0 Å². The van der Waals surface area contributed by atoms with E-state index in [0.717, 1.165) is 42.9 Å². The van der Waals surface area contributed by atoms with Crippen LogP contribution in [0.25, 0.3) is 0 Å². The zero-order valence-corrected chi connectivity index (χ0v) is 13.2. The summed E-state index contributed by atoms with van der Waals surface area (Å²) in [6.07, 6.45) is 10.6. The first-order chi connectivity index (χ1) is 10.3. The monoisotopic (exact) mass is 288 g/mol. The highest BCUT2D eigenvalue weighted by atomic mass is 15.1. The van der Waals surface area contributed by atoms with Gasteiger partial charge >= 0.3 is 0 Å². The van der Waals surface area contributed by atoms with Crippen LogP contribution in [0.5, 0.6) is 0 Å². The maximum Gasteiger partial charge on any atom is 0.136 e. The van der Waals surface area contributed by atoms with Gasteiger partial charge in [-0.1, -0.05) is 26.2 Å². The Morgan fingerprint density at radius 1 is 1.00 bits per heavy atom. The Labute approximate surface area is 128 Å². The maximum absolute atomic E-state index is 4.73. The van der Waals surface area contributed by atoms with E-state index >= 15 is 0 Å². The zero-order chi connectivity index (χ0) is 14.5. The van der Waals surface area contributed by atoms with Gasteiger partial charge in [0.25, 0.3) is 0 Å². The lowest BCUT2D eigenvalue weighted by Gasteiger charge is -2.22. The minimum absolute atomic E-state index is 0.601. The van der Waals surface area contributed by atoms with Gasteiger partial charge in [0, 0.05) is 25.1 Å². The molecule has 0 aromatic carbocycles. The van der Waals surface area contributed by atoms with Gasteiger partial charge in [-0.3, -0.25) is 0 Å². The average molecular weight is 288 g/mol. The van der Waals surface area contributed by atoms with Crippen LogP contribution in [0.2, 0.25) is 0 Å². The molecule has 2 N–H and O–H groups in total. The molecule has 4 nitrogen and oxygen atoms in total. The minimum atomic E-state index is 0.601. The fourth-order valence-corrected chi connectivity index (χ4v) is 3.06. The molecule has 1 aromatic rings. The summed E-state index contributed by atoms with van der Waals surface area (Å²) in [5.41, 5.74) is 0. The lowest BCUT2D eigenvalue weighted by Crippen LogP contribution is -2.18. The second kappa shape index (κ2) is 7.10. The van der Waals surface area contributed by atoms with Crippen LogP contribution in [0.15, 0.2) is 6.07 Å². The summed E-state index contributed by atoms with van der Waals surface area (Å²) in [5.74, 6) is 4.45. The van der Waals surface area contributed by atoms with E-state index in [9.17, 15) is 0 Å². The molecule has 0 atom stereocenters. The number of hydrogen-bond donors (Lipinski definition) is 2. The van der Waals surface area contributed by atoms with E-state index in [1.54, 1.807) is 0 Å². The standard InChI is InChI=1S/C17H28N4/c1-2-10-18-15-11-16(21-17(20-15)14-8-9-14)19-12-13-6-4-3-5-7-13/h11,13-14H,2-10,12H2,1H3,(H2,18,19,20,21). The lowest BCUT2D eigenvalue weighted by atomic mass is 9.89. The van der Waals surface area contributed by atoms with E-state index in [1.165, 1.54) is 44.9 Å². The highest BCUT2D eigenvalue weighted by molar-refractivity contribution is 5.48. The lowest BCUT2D eigenvalue weighted by molar-refractivity contribution is 0.373. The summed E-state index contributed by atoms with van der Waals surface area (Å²) in [4.78, 5) is 9.39. The highest BCUT2D eigenvalue weighted by Crippen LogP contribution is 2.38. The molecule has 3 rings (SSSR count). The third-order valence-electron chi connectivity index (χ3n) is 4.54. The first-order valence-corrected chi connectivity index (χ1v) is 8.72. The summed E-state index contributed by atoms with van der Waals surface area (Å²) >= 11 is 0. The van der Waals surface area contributed by atoms with Gasteiger partial charge in [0.2, 0.25) is 0 Å². The van der Waals surface area contributed by atoms with Crippen molar-refractivity contribution in [3.8, 4) is 0 Å². The van der Waals surface area contributed by atoms with Crippen LogP contribution in [0.4, 0.5) is 11.6 Å². The molecule has 4 heteroatoms. The first kappa shape index (κ1) is 14.6. The van der Waals surface area contributed by atoms with Crippen LogP contribution in [-0.2, 0) is 0 Å². The van der Waals surface area contributed by atoms with Gasteiger partial charge in [-0.25, -0.2) is 9.97 Å². The molecule has 2 saturated carbocycles. The van der Waals surface area contributed by atoms with E-state index in [-0.39, 0.29) is 0 Å². The van der Waals surface area contributed by atoms with Crippen molar-refractivity contribution in [1.29, 1.82) is 0 Å². The maximum atomic E-state index is 4.73. The van der Waals surface area contributed by atoms with Crippen LogP contribution < -0.4 is 10.6 Å². The van der Waals surface area contributed by atoms with Crippen LogP contribution in [0, 0.1) is 5.92 Å². The minimum Gasteiger partial charge on any atom is -0.370 e. The van der Waals surface area contributed by atoms with Gasteiger partial charge in [0.15, 0.2) is 0 Å². The number of nitrogens with zero attached hydrogens (tertiary/aromatic N) is 2. The van der Waals surface area contributed by atoms with E-state index in [1.807, 2.05) is 0 Å². The molecule has 2 fully saturated rings. The second-order valence-corrected chi connectivity index (χ2v) is 6.58. The summed E-state index contributed by atoms with van der Waals surface area (Å²) in [6, 6.07) is 2.07. The third-order valence-corrected chi connectivity index (χ3v) is 4.54. The second-order valence-electron chi connectivity index (χ2n) is 6.58. The smallest absolute Gasteiger partial charge is 0.136 e. The molecule has 0 aliphatic heterocycles. The normalized spacial score (nSPS) is 19.5. The Morgan fingerprint density at radius 3 is 2.38 bits per heavy atom. The van der Waals surface area contributed by atoms with Crippen molar-refractivity contribution in [3.63, 3.8) is 0 Å². The van der Waals surface area contributed by atoms with Crippen molar-refractivity contribution >= 4 is 11.6 Å². The van der Waals surface area contributed by atoms with Crippen LogP contribution >= 0.6 is 0 Å². The molecule has 0 saturated heterocycles. The Hall–Kier alpha value is -1.32. The number of rotatable bonds is 7. The molecule has 2 aliphatic rings. The summed E-state index contributed by atoms with van der Waals surface area (Å²) in [6.45, 7) is 4.22. The predicted octanol–water partition coefficient (Wildman–Crippen LogP) is 4.17. The number of nitrogens with one attached hydrogen (secondary N) is 2. The summed E-state index contributed by atoms with van der Waals surface area (Å²) < 4.78 is 0. The molecule has 21 heavy (non-hydrogen) atoms. The Kier molecular flexibility index (Phi) is 4.94. The van der Waals surface area contributed by atoms with Crippen molar-refractivity contribution in [2.75, 3.05) is 23.7 Å². The van der Waals surface area contributed by atoms with Crippen molar-refractivity contribution in [2.45, 2.75) is 64.2 Å². The zero-order valence-electron chi connectivity index (χ0n) is 13.2. The topological polar surface area (TPSA) is 49.8 Å². The fraction of sp³-hybridized carbons (Fsp3) is 0.765. The van der Waals surface area contributed by atoms with E-state index in [2.05, 4.69) is 28.6 Å². The van der Waals surface area contributed by atoms with Gasteiger partial charge in [-0.2, -0.15) is 0 Å². The average Bonchev–Trinajstić information content (AvgIpc) is 3.37. The SMILES string of the molecule is CCCNc1cc(NCC2CCCCC2)nc(C2CC2)n1. The van der Waals surface area contributed by atoms with Gasteiger partial charge in [-0.05, 0) is 38.0 Å². The molecular formula is C17H28N4. The highest BCUT2D eigenvalue weighted by Gasteiger charge is 2.27. The van der Waals surface area contributed by atoms with E-state index in [0.29, 0.717) is 5.92 Å². The molecule has 0 spiro atoms. The molecule has 0 amide bonds. The largest absolute Gasteiger partial charge is 0.370 e. The van der Waals surface area contributed by atoms with Crippen molar-refractivity contribution in [1.82, 2.24) is 9.97 Å². The molecule has 2 aliphatic carbocycles. The third kappa shape index (κ3) is 4.32. The molecule has 0 bridgehead atoms. The molecular weight excluding hydrogens is 260 g/mol. The number of aromatic nitrogens is 2. The van der Waals surface area contributed by atoms with Crippen LogP contribution in [-0.4, -0.2) is 23.1 Å². The van der Waals surface area contributed by atoms with Gasteiger partial charge in [0.1, 0.15) is 17.5 Å². The van der Waals surface area contributed by atoms with E-state index in [4.69, 9.17) is 4.98 Å². The molecule has 0 radical (unpaired) electrons. The Bertz CT molecular complexity index is 450. The summed E-state index contributed by atoms with van der Waals surface area (Å²) in [5, 5.41) is 6.97. The van der Waals surface area contributed by atoms with Crippen molar-refractivity contribution < 1.29 is 0 Å². The van der Waals surface area contributed by atoms with Crippen molar-refractivity contribution in [2.24, 2.45) is 5.92 Å². The Balaban J connectivity index is 1.63. The van der Waals surface area contributed by atoms with E-state index < -0.39 is 0 Å². The van der Waals surface area contributed by atoms with Gasteiger partial charge < -0.3 is 10.6 Å². The van der Waals surface area contributed by atoms with Crippen LogP contribution in [0.1, 0.15) is 70.0 Å². The van der Waals surface area contributed by atoms with Gasteiger partial charge in [0.05, 0.1) is 0 Å². The first-order valence-electron chi connectivity index (χ1n) is 8.72. The Morgan fingerprint density at radius 2 is 1.71 bits per heavy atom. The molecule has 1 aromatic heterocycles.